The molecule has 0 unspecified atom stereocenters. The van der Waals surface area contributed by atoms with Crippen LogP contribution >= 0.6 is 0 Å². The van der Waals surface area contributed by atoms with Gasteiger partial charge < -0.3 is 20.5 Å². The van der Waals surface area contributed by atoms with Crippen LogP contribution in [0.2, 0.25) is 0 Å². The van der Waals surface area contributed by atoms with Crippen LogP contribution in [0.15, 0.2) is 24.3 Å². The number of carbonyl (C=O) groups excluding carboxylic acids is 1. The summed E-state index contributed by atoms with van der Waals surface area (Å²) in [7, 11) is 1.56. The van der Waals surface area contributed by atoms with Crippen molar-refractivity contribution in [1.82, 2.24) is 5.32 Å². The van der Waals surface area contributed by atoms with Crippen molar-refractivity contribution < 1.29 is 14.3 Å². The number of ether oxygens (including phenoxy) is 2. The molecule has 0 bridgehead atoms. The number of nitrogens with two attached hydrogens (primary N) is 1. The fraction of sp³-hybridized carbons (Fsp3) is 0.462. The first-order chi connectivity index (χ1) is 8.77. The lowest BCUT2D eigenvalue weighted by atomic mass is 10.3. The van der Waals surface area contributed by atoms with Crippen LogP contribution < -0.4 is 20.5 Å². The molecule has 100 valence electrons. The summed E-state index contributed by atoms with van der Waals surface area (Å²) in [6.45, 7) is 1.27. The van der Waals surface area contributed by atoms with E-state index >= 15 is 0 Å². The van der Waals surface area contributed by atoms with Crippen molar-refractivity contribution in [2.75, 3.05) is 26.8 Å². The normalized spacial score (nSPS) is 9.89. The maximum Gasteiger partial charge on any atom is 0.257 e. The third-order valence-electron chi connectivity index (χ3n) is 2.38. The van der Waals surface area contributed by atoms with E-state index in [1.807, 2.05) is 12.1 Å². The molecule has 0 atom stereocenters. The molecule has 0 aliphatic carbocycles. The number of rotatable bonds is 8. The molecule has 3 N–H and O–H groups in total. The Bertz CT molecular complexity index is 369. The van der Waals surface area contributed by atoms with Gasteiger partial charge in [0, 0.05) is 6.54 Å². The van der Waals surface area contributed by atoms with Crippen LogP contribution in [0.4, 0.5) is 0 Å². The molecule has 0 aliphatic heterocycles. The van der Waals surface area contributed by atoms with Crippen molar-refractivity contribution in [2.24, 2.45) is 5.73 Å². The van der Waals surface area contributed by atoms with Gasteiger partial charge in [-0.15, -0.1) is 0 Å². The number of benzene rings is 1. The van der Waals surface area contributed by atoms with E-state index in [-0.39, 0.29) is 12.5 Å². The molecule has 0 aliphatic rings. The van der Waals surface area contributed by atoms with Gasteiger partial charge in [-0.3, -0.25) is 4.79 Å². The number of hydrogen-bond acceptors (Lipinski definition) is 4. The molecule has 0 aromatic heterocycles. The number of unbranched alkanes of at least 4 members (excludes halogenated alkanes) is 1. The van der Waals surface area contributed by atoms with Crippen LogP contribution in [0.25, 0.3) is 0 Å². The number of amides is 1. The molecule has 0 saturated carbocycles. The average molecular weight is 252 g/mol. The van der Waals surface area contributed by atoms with Crippen LogP contribution in [0.1, 0.15) is 12.8 Å². The van der Waals surface area contributed by atoms with E-state index in [1.165, 1.54) is 0 Å². The fourth-order valence-electron chi connectivity index (χ4n) is 1.43. The summed E-state index contributed by atoms with van der Waals surface area (Å²) in [6.07, 6.45) is 1.80. The van der Waals surface area contributed by atoms with Crippen molar-refractivity contribution in [3.63, 3.8) is 0 Å². The van der Waals surface area contributed by atoms with Crippen LogP contribution in [-0.2, 0) is 4.79 Å². The molecule has 5 heteroatoms. The molecular formula is C13H20N2O3. The number of methoxy groups -OCH3 is 1. The molecule has 1 aromatic rings. The number of hydrogen-bond donors (Lipinski definition) is 2. The van der Waals surface area contributed by atoms with Crippen LogP contribution in [0.5, 0.6) is 11.5 Å². The highest BCUT2D eigenvalue weighted by atomic mass is 16.5. The van der Waals surface area contributed by atoms with Gasteiger partial charge >= 0.3 is 0 Å². The lowest BCUT2D eigenvalue weighted by Crippen LogP contribution is -2.30. The van der Waals surface area contributed by atoms with Crippen molar-refractivity contribution in [3.8, 4) is 11.5 Å². The van der Waals surface area contributed by atoms with Gasteiger partial charge in [-0.05, 0) is 31.5 Å². The second-order valence-electron chi connectivity index (χ2n) is 3.79. The largest absolute Gasteiger partial charge is 0.493 e. The highest BCUT2D eigenvalue weighted by molar-refractivity contribution is 5.77. The Morgan fingerprint density at radius 2 is 2.00 bits per heavy atom. The molecule has 1 amide bonds. The minimum absolute atomic E-state index is 0.0109. The van der Waals surface area contributed by atoms with Crippen molar-refractivity contribution in [3.05, 3.63) is 24.3 Å². The van der Waals surface area contributed by atoms with E-state index in [4.69, 9.17) is 15.2 Å². The van der Waals surface area contributed by atoms with E-state index in [1.54, 1.807) is 19.2 Å². The van der Waals surface area contributed by atoms with Gasteiger partial charge in [0.15, 0.2) is 18.1 Å². The first-order valence-electron chi connectivity index (χ1n) is 6.00. The predicted molar refractivity (Wildman–Crippen MR) is 69.8 cm³/mol. The van der Waals surface area contributed by atoms with Gasteiger partial charge in [-0.1, -0.05) is 12.1 Å². The second kappa shape index (κ2) is 8.36. The monoisotopic (exact) mass is 252 g/mol. The number of nitrogens with one attached hydrogen (secondary N) is 1. The summed E-state index contributed by atoms with van der Waals surface area (Å²) in [5.41, 5.74) is 5.36. The van der Waals surface area contributed by atoms with E-state index in [2.05, 4.69) is 5.32 Å². The third-order valence-corrected chi connectivity index (χ3v) is 2.38. The summed E-state index contributed by atoms with van der Waals surface area (Å²) in [5, 5.41) is 2.76. The van der Waals surface area contributed by atoms with E-state index in [9.17, 15) is 4.79 Å². The summed E-state index contributed by atoms with van der Waals surface area (Å²) in [4.78, 5) is 11.5. The van der Waals surface area contributed by atoms with Gasteiger partial charge in [-0.25, -0.2) is 0 Å². The van der Waals surface area contributed by atoms with E-state index in [0.717, 1.165) is 12.8 Å². The Kier molecular flexibility index (Phi) is 6.64. The highest BCUT2D eigenvalue weighted by Crippen LogP contribution is 2.25. The fourth-order valence-corrected chi connectivity index (χ4v) is 1.43. The van der Waals surface area contributed by atoms with Crippen LogP contribution in [0, 0.1) is 0 Å². The lowest BCUT2D eigenvalue weighted by molar-refractivity contribution is -0.123. The molecule has 0 fully saturated rings. The molecule has 5 nitrogen and oxygen atoms in total. The van der Waals surface area contributed by atoms with Crippen LogP contribution in [0.3, 0.4) is 0 Å². The van der Waals surface area contributed by atoms with Gasteiger partial charge in [-0.2, -0.15) is 0 Å². The minimum atomic E-state index is -0.141. The maximum atomic E-state index is 11.5. The van der Waals surface area contributed by atoms with Crippen molar-refractivity contribution in [2.45, 2.75) is 12.8 Å². The Hall–Kier alpha value is -1.75. The topological polar surface area (TPSA) is 73.6 Å². The molecule has 18 heavy (non-hydrogen) atoms. The molecule has 1 aromatic carbocycles. The number of para-hydroxylation sites is 2. The summed E-state index contributed by atoms with van der Waals surface area (Å²) in [6, 6.07) is 7.23. The SMILES string of the molecule is COc1ccccc1OCC(=O)NCCCCN. The van der Waals surface area contributed by atoms with E-state index in [0.29, 0.717) is 24.6 Å². The standard InChI is InChI=1S/C13H20N2O3/c1-17-11-6-2-3-7-12(11)18-10-13(16)15-9-5-4-8-14/h2-3,6-7H,4-5,8-10,14H2,1H3,(H,15,16). The molecule has 0 radical (unpaired) electrons. The maximum absolute atomic E-state index is 11.5. The van der Waals surface area contributed by atoms with E-state index < -0.39 is 0 Å². The van der Waals surface area contributed by atoms with Gasteiger partial charge in [0.25, 0.3) is 5.91 Å². The molecule has 0 saturated heterocycles. The molecule has 1 rings (SSSR count). The highest BCUT2D eigenvalue weighted by Gasteiger charge is 2.05. The third kappa shape index (κ3) is 5.05. The quantitative estimate of drug-likeness (QED) is 0.675. The zero-order valence-electron chi connectivity index (χ0n) is 10.6. The molecular weight excluding hydrogens is 232 g/mol. The Morgan fingerprint density at radius 3 is 2.67 bits per heavy atom. The Labute approximate surface area is 107 Å². The summed E-state index contributed by atoms with van der Waals surface area (Å²) in [5.74, 6) is 1.04. The van der Waals surface area contributed by atoms with Crippen molar-refractivity contribution >= 4 is 5.91 Å². The first-order valence-corrected chi connectivity index (χ1v) is 6.00. The lowest BCUT2D eigenvalue weighted by Gasteiger charge is -2.10. The Balaban J connectivity index is 2.29. The predicted octanol–water partition coefficient (Wildman–Crippen LogP) is 0.929. The van der Waals surface area contributed by atoms with Gasteiger partial charge in [0.05, 0.1) is 7.11 Å². The molecule has 0 spiro atoms. The summed E-state index contributed by atoms with van der Waals surface area (Å²) >= 11 is 0. The first kappa shape index (κ1) is 14.3. The van der Waals surface area contributed by atoms with Gasteiger partial charge in [0.1, 0.15) is 0 Å². The minimum Gasteiger partial charge on any atom is -0.493 e. The summed E-state index contributed by atoms with van der Waals surface area (Å²) < 4.78 is 10.5. The average Bonchev–Trinajstić information content (AvgIpc) is 2.41. The van der Waals surface area contributed by atoms with Gasteiger partial charge in [0.2, 0.25) is 0 Å². The smallest absolute Gasteiger partial charge is 0.257 e. The second-order valence-corrected chi connectivity index (χ2v) is 3.79. The number of carbonyl (C=O) groups is 1. The molecule has 0 heterocycles. The van der Waals surface area contributed by atoms with Crippen LogP contribution in [-0.4, -0.2) is 32.7 Å². The van der Waals surface area contributed by atoms with Crippen molar-refractivity contribution in [1.29, 1.82) is 0 Å². The zero-order chi connectivity index (χ0) is 13.2. The Morgan fingerprint density at radius 1 is 1.28 bits per heavy atom. The zero-order valence-corrected chi connectivity index (χ0v) is 10.6.